The Hall–Kier alpha value is -3.83. The third-order valence-electron chi connectivity index (χ3n) is 8.91. The number of piperazine rings is 1. The number of phenolic OH excluding ortho intramolecular Hbond substituents is 1. The number of benzene rings is 2. The van der Waals surface area contributed by atoms with E-state index < -0.39 is 5.56 Å². The van der Waals surface area contributed by atoms with Crippen LogP contribution in [0.5, 0.6) is 11.8 Å². The zero-order valence-electron chi connectivity index (χ0n) is 23.3. The highest BCUT2D eigenvalue weighted by molar-refractivity contribution is 5.95. The van der Waals surface area contributed by atoms with Gasteiger partial charge >= 0.3 is 6.01 Å². The van der Waals surface area contributed by atoms with Gasteiger partial charge in [-0.1, -0.05) is 13.0 Å². The van der Waals surface area contributed by atoms with Crippen LogP contribution >= 0.6 is 0 Å². The first-order chi connectivity index (χ1) is 19.9. The molecule has 0 saturated carbocycles. The summed E-state index contributed by atoms with van der Waals surface area (Å²) in [5.74, 6) is 0.228. The number of ether oxygens (including phenoxy) is 1. The lowest BCUT2D eigenvalue weighted by atomic mass is 10.00. The van der Waals surface area contributed by atoms with Crippen molar-refractivity contribution in [3.8, 4) is 17.4 Å². The van der Waals surface area contributed by atoms with Gasteiger partial charge in [-0.05, 0) is 68.8 Å². The van der Waals surface area contributed by atoms with E-state index in [1.165, 1.54) is 16.8 Å². The van der Waals surface area contributed by atoms with Crippen molar-refractivity contribution in [1.82, 2.24) is 30.0 Å². The van der Waals surface area contributed by atoms with Crippen molar-refractivity contribution in [3.63, 3.8) is 0 Å². The average molecular weight is 560 g/mol. The van der Waals surface area contributed by atoms with Gasteiger partial charge in [-0.15, -0.1) is 0 Å². The molecule has 3 saturated heterocycles. The fraction of sp³-hybridized carbons (Fsp3) is 0.467. The highest BCUT2D eigenvalue weighted by Crippen LogP contribution is 2.33. The first-order valence-electron chi connectivity index (χ1n) is 14.5. The van der Waals surface area contributed by atoms with Gasteiger partial charge < -0.3 is 25.0 Å². The van der Waals surface area contributed by atoms with Gasteiger partial charge in [0.25, 0.3) is 5.56 Å². The molecule has 0 spiro atoms. The van der Waals surface area contributed by atoms with Crippen LogP contribution in [0.15, 0.2) is 35.3 Å². The molecule has 2 aromatic heterocycles. The van der Waals surface area contributed by atoms with Crippen molar-refractivity contribution in [3.05, 3.63) is 52.2 Å². The summed E-state index contributed by atoms with van der Waals surface area (Å²) in [5.41, 5.74) is 0.455. The second kappa shape index (κ2) is 10.2. The largest absolute Gasteiger partial charge is 0.508 e. The monoisotopic (exact) mass is 559 g/mol. The number of anilines is 1. The number of halogens is 1. The molecule has 214 valence electrons. The molecule has 11 heteroatoms. The second-order valence-corrected chi connectivity index (χ2v) is 11.5. The number of nitrogens with one attached hydrogen (secondary N) is 1. The standard InChI is InChI=1S/C30H34FN7O3/c1-3-22-24(31)9-6-17-11-21(39)12-25(26(17)22)38-29(40)27-23(13-32-38)28(37-14-18-7-8-19(15-37)33-18)35-30(34-27)41-16-20-5-4-10-36(20)2/h6,9,11-13,18-20,33,39H,3-5,7-8,10,14-16H2,1-2H3/t18-,19+,20-/m0/s1. The summed E-state index contributed by atoms with van der Waals surface area (Å²) in [6.07, 6.45) is 6.38. The van der Waals surface area contributed by atoms with Crippen molar-refractivity contribution in [2.75, 3.05) is 38.2 Å². The maximum atomic E-state index is 14.9. The Labute approximate surface area is 236 Å². The topological polar surface area (TPSA) is 109 Å². The Balaban J connectivity index is 1.39. The molecule has 0 amide bonds. The number of rotatable bonds is 6. The number of hydrogen-bond acceptors (Lipinski definition) is 9. The van der Waals surface area contributed by atoms with Crippen LogP contribution < -0.4 is 20.5 Å². The fourth-order valence-corrected chi connectivity index (χ4v) is 6.78. The molecule has 41 heavy (non-hydrogen) atoms. The molecule has 3 aliphatic rings. The fourth-order valence-electron chi connectivity index (χ4n) is 6.78. The van der Waals surface area contributed by atoms with E-state index in [0.29, 0.717) is 58.3 Å². The molecular formula is C30H34FN7O3. The van der Waals surface area contributed by atoms with Crippen LogP contribution in [-0.2, 0) is 6.42 Å². The quantitative estimate of drug-likeness (QED) is 0.368. The number of likely N-dealkylation sites (tertiary alicyclic amines) is 1. The molecule has 2 aromatic carbocycles. The molecule has 4 aromatic rings. The third kappa shape index (κ3) is 4.57. The summed E-state index contributed by atoms with van der Waals surface area (Å²) in [5, 5.41) is 20.4. The van der Waals surface area contributed by atoms with E-state index in [1.807, 2.05) is 6.92 Å². The molecule has 5 heterocycles. The Kier molecular flexibility index (Phi) is 6.50. The van der Waals surface area contributed by atoms with Gasteiger partial charge in [-0.3, -0.25) is 4.79 Å². The van der Waals surface area contributed by atoms with Crippen molar-refractivity contribution in [1.29, 1.82) is 0 Å². The Morgan fingerprint density at radius 3 is 2.68 bits per heavy atom. The summed E-state index contributed by atoms with van der Waals surface area (Å²) in [4.78, 5) is 28.1. The van der Waals surface area contributed by atoms with E-state index >= 15 is 0 Å². The maximum absolute atomic E-state index is 14.9. The SMILES string of the molecule is CCc1c(F)ccc2cc(O)cc(-n3ncc4c(N5C[C@H]6CC[C@@H](C5)N6)nc(OC[C@@H]5CCCN5C)nc4c3=O)c12. The van der Waals surface area contributed by atoms with Gasteiger partial charge in [0.2, 0.25) is 0 Å². The Morgan fingerprint density at radius 2 is 1.95 bits per heavy atom. The van der Waals surface area contributed by atoms with E-state index in [2.05, 4.69) is 32.2 Å². The van der Waals surface area contributed by atoms with E-state index in [0.717, 1.165) is 45.3 Å². The van der Waals surface area contributed by atoms with E-state index in [-0.39, 0.29) is 29.1 Å². The number of aryl methyl sites for hydroxylation is 1. The molecule has 2 bridgehead atoms. The van der Waals surface area contributed by atoms with Gasteiger partial charge in [0.1, 0.15) is 29.5 Å². The van der Waals surface area contributed by atoms with E-state index in [9.17, 15) is 14.3 Å². The molecule has 0 aliphatic carbocycles. The minimum absolute atomic E-state index is 0.0423. The predicted molar refractivity (Wildman–Crippen MR) is 155 cm³/mol. The Morgan fingerprint density at radius 1 is 1.15 bits per heavy atom. The van der Waals surface area contributed by atoms with Crippen molar-refractivity contribution < 1.29 is 14.2 Å². The molecule has 7 rings (SSSR count). The van der Waals surface area contributed by atoms with Crippen LogP contribution in [-0.4, -0.2) is 81.2 Å². The first-order valence-corrected chi connectivity index (χ1v) is 14.5. The van der Waals surface area contributed by atoms with Crippen LogP contribution in [0.3, 0.4) is 0 Å². The molecule has 3 fully saturated rings. The molecule has 10 nitrogen and oxygen atoms in total. The summed E-state index contributed by atoms with van der Waals surface area (Å²) in [7, 11) is 2.08. The zero-order valence-corrected chi connectivity index (χ0v) is 23.3. The zero-order chi connectivity index (χ0) is 28.2. The highest BCUT2D eigenvalue weighted by atomic mass is 19.1. The van der Waals surface area contributed by atoms with Gasteiger partial charge in [0, 0.05) is 42.7 Å². The van der Waals surface area contributed by atoms with Crippen LogP contribution in [0.4, 0.5) is 10.2 Å². The number of nitrogens with zero attached hydrogens (tertiary/aromatic N) is 6. The minimum atomic E-state index is -0.481. The molecule has 3 atom stereocenters. The Bertz CT molecular complexity index is 1700. The molecule has 3 aliphatic heterocycles. The number of likely N-dealkylation sites (N-methyl/N-ethyl adjacent to an activating group) is 1. The van der Waals surface area contributed by atoms with Crippen molar-refractivity contribution in [2.24, 2.45) is 0 Å². The van der Waals surface area contributed by atoms with Crippen molar-refractivity contribution >= 4 is 27.5 Å². The summed E-state index contributed by atoms with van der Waals surface area (Å²) in [6.45, 7) is 4.86. The van der Waals surface area contributed by atoms with Crippen LogP contribution in [0.1, 0.15) is 38.2 Å². The number of aromatic hydroxyl groups is 1. The van der Waals surface area contributed by atoms with Crippen LogP contribution in [0.2, 0.25) is 0 Å². The maximum Gasteiger partial charge on any atom is 0.319 e. The number of hydrogen-bond donors (Lipinski definition) is 2. The lowest BCUT2D eigenvalue weighted by Crippen LogP contribution is -2.51. The van der Waals surface area contributed by atoms with Gasteiger partial charge in [-0.2, -0.15) is 19.7 Å². The number of aromatic nitrogens is 4. The molecule has 2 N–H and O–H groups in total. The number of fused-ring (bicyclic) bond motifs is 4. The normalized spacial score (nSPS) is 22.7. The average Bonchev–Trinajstić information content (AvgIpc) is 3.54. The third-order valence-corrected chi connectivity index (χ3v) is 8.91. The highest BCUT2D eigenvalue weighted by Gasteiger charge is 2.34. The molecular weight excluding hydrogens is 525 g/mol. The van der Waals surface area contributed by atoms with Crippen LogP contribution in [0.25, 0.3) is 27.4 Å². The van der Waals surface area contributed by atoms with Crippen LogP contribution in [0, 0.1) is 5.82 Å². The predicted octanol–water partition coefficient (Wildman–Crippen LogP) is 3.15. The van der Waals surface area contributed by atoms with Crippen molar-refractivity contribution in [2.45, 2.75) is 57.2 Å². The summed E-state index contributed by atoms with van der Waals surface area (Å²) < 4.78 is 22.2. The van der Waals surface area contributed by atoms with E-state index in [1.54, 1.807) is 18.3 Å². The lowest BCUT2D eigenvalue weighted by Gasteiger charge is -2.34. The first kappa shape index (κ1) is 26.1. The number of phenols is 1. The second-order valence-electron chi connectivity index (χ2n) is 11.5. The van der Waals surface area contributed by atoms with Gasteiger partial charge in [-0.25, -0.2) is 4.39 Å². The molecule has 0 radical (unpaired) electrons. The van der Waals surface area contributed by atoms with Gasteiger partial charge in [0.15, 0.2) is 0 Å². The smallest absolute Gasteiger partial charge is 0.319 e. The van der Waals surface area contributed by atoms with Gasteiger partial charge in [0.05, 0.1) is 17.3 Å². The minimum Gasteiger partial charge on any atom is -0.508 e. The lowest BCUT2D eigenvalue weighted by molar-refractivity contribution is 0.188. The van der Waals surface area contributed by atoms with E-state index in [4.69, 9.17) is 9.72 Å². The summed E-state index contributed by atoms with van der Waals surface area (Å²) in [6, 6.07) is 7.15. The summed E-state index contributed by atoms with van der Waals surface area (Å²) >= 11 is 0. The molecule has 0 unspecified atom stereocenters.